The molecule has 0 saturated heterocycles. The average Bonchev–Trinajstić information content (AvgIpc) is 2.72. The minimum Gasteiger partial charge on any atom is -0.342 e. The molecule has 0 fully saturated rings. The molecule has 0 saturated carbocycles. The van der Waals surface area contributed by atoms with Crippen molar-refractivity contribution in [2.75, 3.05) is 13.6 Å². The van der Waals surface area contributed by atoms with Crippen LogP contribution in [0.3, 0.4) is 0 Å². The highest BCUT2D eigenvalue weighted by Crippen LogP contribution is 2.19. The van der Waals surface area contributed by atoms with Crippen LogP contribution in [0.15, 0.2) is 85.2 Å². The summed E-state index contributed by atoms with van der Waals surface area (Å²) in [4.78, 5) is 18.0. The lowest BCUT2D eigenvalue weighted by molar-refractivity contribution is -0.124. The molecule has 0 radical (unpaired) electrons. The molecule has 0 unspecified atom stereocenters. The molecular weight excluding hydrogens is 320 g/mol. The smallest absolute Gasteiger partial charge is 0.246 e. The average molecular weight is 342 g/mol. The summed E-state index contributed by atoms with van der Waals surface area (Å²) in [6.45, 7) is 0.681. The first-order valence-corrected chi connectivity index (χ1v) is 8.70. The van der Waals surface area contributed by atoms with Gasteiger partial charge in [0.1, 0.15) is 0 Å². The van der Waals surface area contributed by atoms with E-state index in [9.17, 15) is 4.79 Å². The Morgan fingerprint density at radius 3 is 2.38 bits per heavy atom. The minimum atomic E-state index is -0.00485. The SMILES string of the molecule is CN(CCc1ccc(-c2ccccc2)cc1)C(=O)/C=C/c1cccnc1. The van der Waals surface area contributed by atoms with Gasteiger partial charge in [-0.3, -0.25) is 9.78 Å². The Labute approximate surface area is 154 Å². The lowest BCUT2D eigenvalue weighted by Crippen LogP contribution is -2.27. The Hall–Kier alpha value is -3.20. The number of carbonyl (C=O) groups excluding carboxylic acids is 1. The Kier molecular flexibility index (Phi) is 5.94. The van der Waals surface area contributed by atoms with Gasteiger partial charge in [-0.15, -0.1) is 0 Å². The summed E-state index contributed by atoms with van der Waals surface area (Å²) in [6, 6.07) is 22.6. The van der Waals surface area contributed by atoms with Crippen LogP contribution >= 0.6 is 0 Å². The highest BCUT2D eigenvalue weighted by atomic mass is 16.2. The zero-order chi connectivity index (χ0) is 18.2. The Balaban J connectivity index is 1.53. The second-order valence-electron chi connectivity index (χ2n) is 6.19. The van der Waals surface area contributed by atoms with Crippen molar-refractivity contribution >= 4 is 12.0 Å². The molecule has 0 aliphatic carbocycles. The summed E-state index contributed by atoms with van der Waals surface area (Å²) in [7, 11) is 1.83. The predicted octanol–water partition coefficient (Wildman–Crippen LogP) is 4.46. The molecule has 0 atom stereocenters. The van der Waals surface area contributed by atoms with Gasteiger partial charge in [-0.05, 0) is 40.8 Å². The summed E-state index contributed by atoms with van der Waals surface area (Å²) in [5.41, 5.74) is 4.57. The van der Waals surface area contributed by atoms with E-state index in [1.165, 1.54) is 16.7 Å². The number of aromatic nitrogens is 1. The molecule has 3 aromatic rings. The standard InChI is InChI=1S/C23H22N2O/c1-25(23(26)14-11-20-6-5-16-24-18-20)17-15-19-9-12-22(13-10-19)21-7-3-2-4-8-21/h2-14,16,18H,15,17H2,1H3/b14-11+. The molecule has 1 heterocycles. The van der Waals surface area contributed by atoms with Crippen molar-refractivity contribution in [3.63, 3.8) is 0 Å². The third-order valence-electron chi connectivity index (χ3n) is 4.28. The maximum absolute atomic E-state index is 12.2. The number of hydrogen-bond donors (Lipinski definition) is 0. The fourth-order valence-electron chi connectivity index (χ4n) is 2.67. The lowest BCUT2D eigenvalue weighted by Gasteiger charge is -2.15. The third kappa shape index (κ3) is 4.90. The van der Waals surface area contributed by atoms with Gasteiger partial charge in [0.15, 0.2) is 0 Å². The second kappa shape index (κ2) is 8.77. The minimum absolute atomic E-state index is 0.00485. The van der Waals surface area contributed by atoms with Crippen LogP contribution in [0.25, 0.3) is 17.2 Å². The first kappa shape index (κ1) is 17.6. The maximum Gasteiger partial charge on any atom is 0.246 e. The van der Waals surface area contributed by atoms with Crippen molar-refractivity contribution in [2.24, 2.45) is 0 Å². The number of rotatable bonds is 6. The van der Waals surface area contributed by atoms with E-state index in [1.54, 1.807) is 29.4 Å². The molecule has 1 aromatic heterocycles. The number of amides is 1. The van der Waals surface area contributed by atoms with Crippen molar-refractivity contribution < 1.29 is 4.79 Å². The number of carbonyl (C=O) groups is 1. The highest BCUT2D eigenvalue weighted by Gasteiger charge is 2.05. The summed E-state index contributed by atoms with van der Waals surface area (Å²) in [6.07, 6.45) is 7.67. The first-order chi connectivity index (χ1) is 12.7. The number of nitrogens with zero attached hydrogens (tertiary/aromatic N) is 2. The molecule has 3 rings (SSSR count). The van der Waals surface area contributed by atoms with Crippen molar-refractivity contribution in [2.45, 2.75) is 6.42 Å². The monoisotopic (exact) mass is 342 g/mol. The molecule has 0 spiro atoms. The van der Waals surface area contributed by atoms with Crippen LogP contribution in [0.5, 0.6) is 0 Å². The van der Waals surface area contributed by atoms with Gasteiger partial charge < -0.3 is 4.90 Å². The van der Waals surface area contributed by atoms with E-state index in [-0.39, 0.29) is 5.91 Å². The maximum atomic E-state index is 12.2. The van der Waals surface area contributed by atoms with E-state index in [4.69, 9.17) is 0 Å². The van der Waals surface area contributed by atoms with Gasteiger partial charge >= 0.3 is 0 Å². The van der Waals surface area contributed by atoms with Crippen molar-refractivity contribution in [3.8, 4) is 11.1 Å². The van der Waals surface area contributed by atoms with Gasteiger partial charge in [-0.1, -0.05) is 60.7 Å². The van der Waals surface area contributed by atoms with Crippen molar-refractivity contribution in [1.29, 1.82) is 0 Å². The summed E-state index contributed by atoms with van der Waals surface area (Å²) < 4.78 is 0. The number of hydrogen-bond acceptors (Lipinski definition) is 2. The van der Waals surface area contributed by atoms with Gasteiger partial charge in [-0.25, -0.2) is 0 Å². The summed E-state index contributed by atoms with van der Waals surface area (Å²) >= 11 is 0. The van der Waals surface area contributed by atoms with Crippen LogP contribution in [-0.2, 0) is 11.2 Å². The Morgan fingerprint density at radius 2 is 1.69 bits per heavy atom. The number of benzene rings is 2. The normalized spacial score (nSPS) is 10.8. The van der Waals surface area contributed by atoms with Crippen molar-refractivity contribution in [3.05, 3.63) is 96.3 Å². The van der Waals surface area contributed by atoms with Crippen molar-refractivity contribution in [1.82, 2.24) is 9.88 Å². The molecule has 0 N–H and O–H groups in total. The molecule has 26 heavy (non-hydrogen) atoms. The molecule has 130 valence electrons. The van der Waals surface area contributed by atoms with Crippen LogP contribution in [0, 0.1) is 0 Å². The van der Waals surface area contributed by atoms with E-state index in [2.05, 4.69) is 41.4 Å². The van der Waals surface area contributed by atoms with E-state index in [0.717, 1.165) is 12.0 Å². The topological polar surface area (TPSA) is 33.2 Å². The molecule has 3 nitrogen and oxygen atoms in total. The number of pyridine rings is 1. The largest absolute Gasteiger partial charge is 0.342 e. The summed E-state index contributed by atoms with van der Waals surface area (Å²) in [5.74, 6) is -0.00485. The first-order valence-electron chi connectivity index (χ1n) is 8.70. The Morgan fingerprint density at radius 1 is 0.962 bits per heavy atom. The molecule has 0 aliphatic heterocycles. The van der Waals surface area contributed by atoms with Crippen LogP contribution in [-0.4, -0.2) is 29.4 Å². The van der Waals surface area contributed by atoms with Gasteiger partial charge in [-0.2, -0.15) is 0 Å². The fourth-order valence-corrected chi connectivity index (χ4v) is 2.67. The van der Waals surface area contributed by atoms with Gasteiger partial charge in [0.05, 0.1) is 0 Å². The number of likely N-dealkylation sites (N-methyl/N-ethyl adjacent to an activating group) is 1. The van der Waals surface area contributed by atoms with Gasteiger partial charge in [0.2, 0.25) is 5.91 Å². The van der Waals surface area contributed by atoms with E-state index in [1.807, 2.05) is 37.4 Å². The lowest BCUT2D eigenvalue weighted by atomic mass is 10.0. The van der Waals surface area contributed by atoms with Gasteiger partial charge in [0, 0.05) is 32.1 Å². The van der Waals surface area contributed by atoms with E-state index < -0.39 is 0 Å². The van der Waals surface area contributed by atoms with E-state index in [0.29, 0.717) is 6.54 Å². The zero-order valence-corrected chi connectivity index (χ0v) is 14.9. The van der Waals surface area contributed by atoms with Crippen LogP contribution in [0.2, 0.25) is 0 Å². The van der Waals surface area contributed by atoms with Crippen LogP contribution in [0.1, 0.15) is 11.1 Å². The van der Waals surface area contributed by atoms with E-state index >= 15 is 0 Å². The van der Waals surface area contributed by atoms with Crippen LogP contribution < -0.4 is 0 Å². The summed E-state index contributed by atoms with van der Waals surface area (Å²) in [5, 5.41) is 0. The molecular formula is C23H22N2O. The second-order valence-corrected chi connectivity index (χ2v) is 6.19. The molecule has 0 aliphatic rings. The molecule has 0 bridgehead atoms. The van der Waals surface area contributed by atoms with Crippen LogP contribution in [0.4, 0.5) is 0 Å². The quantitative estimate of drug-likeness (QED) is 0.620. The zero-order valence-electron chi connectivity index (χ0n) is 14.9. The Bertz CT molecular complexity index is 856. The van der Waals surface area contributed by atoms with Gasteiger partial charge in [0.25, 0.3) is 0 Å². The highest BCUT2D eigenvalue weighted by molar-refractivity contribution is 5.91. The molecule has 2 aromatic carbocycles. The molecule has 1 amide bonds. The predicted molar refractivity (Wildman–Crippen MR) is 106 cm³/mol. The molecule has 3 heteroatoms. The fraction of sp³-hybridized carbons (Fsp3) is 0.130. The third-order valence-corrected chi connectivity index (χ3v) is 4.28.